The summed E-state index contributed by atoms with van der Waals surface area (Å²) in [6.45, 7) is 4.57. The monoisotopic (exact) mass is 495 g/mol. The number of hydrogen-bond donors (Lipinski definition) is 2. The van der Waals surface area contributed by atoms with Crippen LogP contribution in [0.3, 0.4) is 0 Å². The van der Waals surface area contributed by atoms with Crippen LogP contribution in [0.5, 0.6) is 11.5 Å². The van der Waals surface area contributed by atoms with Crippen LogP contribution in [0, 0.1) is 5.82 Å². The number of ether oxygens (including phenoxy) is 2. The lowest BCUT2D eigenvalue weighted by Gasteiger charge is -2.39. The molecule has 34 heavy (non-hydrogen) atoms. The number of nitrogens with one attached hydrogen (secondary N) is 1. The Labute approximate surface area is 196 Å². The molecule has 1 unspecified atom stereocenters. The van der Waals surface area contributed by atoms with E-state index in [9.17, 15) is 22.4 Å². The van der Waals surface area contributed by atoms with Crippen LogP contribution in [0.2, 0.25) is 0 Å². The van der Waals surface area contributed by atoms with E-state index in [0.29, 0.717) is 11.5 Å². The van der Waals surface area contributed by atoms with Gasteiger partial charge in [-0.15, -0.1) is 0 Å². The molecule has 1 heterocycles. The Kier molecular flexibility index (Phi) is 7.44. The lowest BCUT2D eigenvalue weighted by molar-refractivity contribution is -0.134. The molecule has 2 N–H and O–H groups in total. The molecule has 1 fully saturated rings. The van der Waals surface area contributed by atoms with Crippen LogP contribution in [0.25, 0.3) is 0 Å². The van der Waals surface area contributed by atoms with Crippen molar-refractivity contribution in [2.24, 2.45) is 0 Å². The standard InChI is InChI=1S/C22H26FN3O7S/c1-22(2,3)33-21(28)25-12-13-26(19(14-25)20(27)24-29)34(30,31)18-10-8-17(9-11-18)32-16-6-4-15(23)5-7-16/h4-11,19,29H,12-14H2,1-3H3,(H,24,27). The van der Waals surface area contributed by atoms with Crippen molar-refractivity contribution in [2.75, 3.05) is 19.6 Å². The number of halogens is 1. The van der Waals surface area contributed by atoms with E-state index < -0.39 is 39.5 Å². The molecule has 0 aliphatic carbocycles. The van der Waals surface area contributed by atoms with Crippen molar-refractivity contribution in [3.05, 3.63) is 54.3 Å². The molecule has 0 bridgehead atoms. The fourth-order valence-corrected chi connectivity index (χ4v) is 4.86. The van der Waals surface area contributed by atoms with E-state index in [-0.39, 0.29) is 24.5 Å². The van der Waals surface area contributed by atoms with E-state index in [2.05, 4.69) is 0 Å². The molecular weight excluding hydrogens is 469 g/mol. The van der Waals surface area contributed by atoms with Gasteiger partial charge in [-0.1, -0.05) is 0 Å². The summed E-state index contributed by atoms with van der Waals surface area (Å²) in [4.78, 5) is 25.8. The zero-order valence-corrected chi connectivity index (χ0v) is 19.7. The zero-order valence-electron chi connectivity index (χ0n) is 18.9. The number of sulfonamides is 1. The van der Waals surface area contributed by atoms with Crippen LogP contribution >= 0.6 is 0 Å². The maximum Gasteiger partial charge on any atom is 0.410 e. The van der Waals surface area contributed by atoms with Crippen molar-refractivity contribution in [3.8, 4) is 11.5 Å². The second kappa shape index (κ2) is 9.95. The maximum absolute atomic E-state index is 13.3. The number of hydroxylamine groups is 1. The predicted molar refractivity (Wildman–Crippen MR) is 118 cm³/mol. The fraction of sp³-hybridized carbons (Fsp3) is 0.364. The third-order valence-electron chi connectivity index (χ3n) is 4.88. The number of benzene rings is 2. The maximum atomic E-state index is 13.3. The molecule has 0 radical (unpaired) electrons. The molecule has 0 aromatic heterocycles. The van der Waals surface area contributed by atoms with Gasteiger partial charge in [-0.3, -0.25) is 10.0 Å². The first-order valence-electron chi connectivity index (χ1n) is 10.4. The average Bonchev–Trinajstić information content (AvgIpc) is 2.79. The van der Waals surface area contributed by atoms with E-state index in [1.54, 1.807) is 20.8 Å². The Bertz CT molecular complexity index is 1130. The lowest BCUT2D eigenvalue weighted by atomic mass is 10.2. The van der Waals surface area contributed by atoms with Gasteiger partial charge in [0.15, 0.2) is 0 Å². The highest BCUT2D eigenvalue weighted by atomic mass is 32.2. The predicted octanol–water partition coefficient (Wildman–Crippen LogP) is 2.73. The van der Waals surface area contributed by atoms with Crippen LogP contribution in [-0.4, -0.2) is 66.1 Å². The van der Waals surface area contributed by atoms with Crippen LogP contribution < -0.4 is 10.2 Å². The third kappa shape index (κ3) is 6.01. The summed E-state index contributed by atoms with van der Waals surface area (Å²) >= 11 is 0. The number of carbonyl (C=O) groups is 2. The minimum Gasteiger partial charge on any atom is -0.457 e. The Morgan fingerprint density at radius 2 is 1.59 bits per heavy atom. The SMILES string of the molecule is CC(C)(C)OC(=O)N1CCN(S(=O)(=O)c2ccc(Oc3ccc(F)cc3)cc2)C(C(=O)NO)C1. The fourth-order valence-electron chi connectivity index (χ4n) is 3.29. The van der Waals surface area contributed by atoms with E-state index in [4.69, 9.17) is 14.7 Å². The summed E-state index contributed by atoms with van der Waals surface area (Å²) in [6, 6.07) is 9.43. The van der Waals surface area contributed by atoms with Crippen molar-refractivity contribution in [3.63, 3.8) is 0 Å². The molecule has 2 aromatic carbocycles. The van der Waals surface area contributed by atoms with Gasteiger partial charge in [0.2, 0.25) is 10.0 Å². The minimum atomic E-state index is -4.17. The molecule has 3 rings (SSSR count). The summed E-state index contributed by atoms with van der Waals surface area (Å²) in [5, 5.41) is 9.15. The highest BCUT2D eigenvalue weighted by molar-refractivity contribution is 7.89. The molecule has 12 heteroatoms. The molecule has 1 aliphatic rings. The van der Waals surface area contributed by atoms with Gasteiger partial charge in [-0.2, -0.15) is 4.31 Å². The van der Waals surface area contributed by atoms with Gasteiger partial charge >= 0.3 is 6.09 Å². The highest BCUT2D eigenvalue weighted by Gasteiger charge is 2.42. The minimum absolute atomic E-state index is 0.00485. The van der Waals surface area contributed by atoms with Gasteiger partial charge in [0, 0.05) is 19.6 Å². The van der Waals surface area contributed by atoms with Crippen LogP contribution in [0.15, 0.2) is 53.4 Å². The third-order valence-corrected chi connectivity index (χ3v) is 6.80. The molecule has 1 atom stereocenters. The first-order valence-corrected chi connectivity index (χ1v) is 11.8. The molecule has 0 saturated carbocycles. The highest BCUT2D eigenvalue weighted by Crippen LogP contribution is 2.27. The molecule has 184 valence electrons. The van der Waals surface area contributed by atoms with Crippen LogP contribution in [0.1, 0.15) is 20.8 Å². The van der Waals surface area contributed by atoms with E-state index in [0.717, 1.165) is 4.31 Å². The molecule has 0 spiro atoms. The Morgan fingerprint density at radius 3 is 2.12 bits per heavy atom. The normalized spacial score (nSPS) is 17.2. The lowest BCUT2D eigenvalue weighted by Crippen LogP contribution is -2.61. The number of rotatable bonds is 5. The largest absolute Gasteiger partial charge is 0.457 e. The quantitative estimate of drug-likeness (QED) is 0.483. The second-order valence-corrected chi connectivity index (χ2v) is 10.5. The zero-order chi connectivity index (χ0) is 25.1. The molecule has 1 saturated heterocycles. The molecule has 1 aliphatic heterocycles. The van der Waals surface area contributed by atoms with Crippen molar-refractivity contribution in [1.29, 1.82) is 0 Å². The molecular formula is C22H26FN3O7S. The summed E-state index contributed by atoms with van der Waals surface area (Å²) in [6.07, 6.45) is -0.692. The van der Waals surface area contributed by atoms with E-state index in [1.165, 1.54) is 58.9 Å². The Balaban J connectivity index is 1.78. The number of piperazine rings is 1. The van der Waals surface area contributed by atoms with Crippen molar-refractivity contribution < 1.29 is 37.1 Å². The van der Waals surface area contributed by atoms with Gasteiger partial charge in [0.25, 0.3) is 5.91 Å². The number of hydrogen-bond acceptors (Lipinski definition) is 7. The van der Waals surface area contributed by atoms with Gasteiger partial charge in [-0.25, -0.2) is 23.1 Å². The number of amides is 2. The van der Waals surface area contributed by atoms with Crippen LogP contribution in [-0.2, 0) is 19.6 Å². The summed E-state index contributed by atoms with van der Waals surface area (Å²) < 4.78 is 51.4. The van der Waals surface area contributed by atoms with Gasteiger partial charge in [-0.05, 0) is 69.3 Å². The van der Waals surface area contributed by atoms with E-state index >= 15 is 0 Å². The first-order chi connectivity index (χ1) is 15.9. The first kappa shape index (κ1) is 25.4. The van der Waals surface area contributed by atoms with Crippen molar-refractivity contribution in [1.82, 2.24) is 14.7 Å². The Morgan fingerprint density at radius 1 is 1.03 bits per heavy atom. The summed E-state index contributed by atoms with van der Waals surface area (Å²) in [7, 11) is -4.17. The van der Waals surface area contributed by atoms with Gasteiger partial charge < -0.3 is 14.4 Å². The van der Waals surface area contributed by atoms with Crippen molar-refractivity contribution in [2.45, 2.75) is 37.3 Å². The Hall–Kier alpha value is -3.22. The summed E-state index contributed by atoms with van der Waals surface area (Å²) in [5.41, 5.74) is 0.695. The van der Waals surface area contributed by atoms with Gasteiger partial charge in [0.05, 0.1) is 4.90 Å². The van der Waals surface area contributed by atoms with Crippen LogP contribution in [0.4, 0.5) is 9.18 Å². The topological polar surface area (TPSA) is 125 Å². The van der Waals surface area contributed by atoms with Crippen molar-refractivity contribution >= 4 is 22.0 Å². The van der Waals surface area contributed by atoms with E-state index in [1.807, 2.05) is 0 Å². The number of nitrogens with zero attached hydrogens (tertiary/aromatic N) is 2. The molecule has 10 nitrogen and oxygen atoms in total. The molecule has 2 amide bonds. The number of carbonyl (C=O) groups excluding carboxylic acids is 2. The smallest absolute Gasteiger partial charge is 0.410 e. The summed E-state index contributed by atoms with van der Waals surface area (Å²) in [5.74, 6) is -0.699. The second-order valence-electron chi connectivity index (χ2n) is 8.56. The average molecular weight is 496 g/mol. The molecule has 2 aromatic rings. The van der Waals surface area contributed by atoms with Gasteiger partial charge in [0.1, 0.15) is 29.0 Å².